The normalized spacial score (nSPS) is 10.0. The molecular weight excluding hydrogens is 202 g/mol. The van der Waals surface area contributed by atoms with E-state index in [-0.39, 0.29) is 5.82 Å². The first-order valence-corrected chi connectivity index (χ1v) is 5.03. The standard InChI is InChI=1S/C12H11N3O/c16-9-12-14-7-11(8-15-12)4-3-10-2-1-5-13-6-10/h1-2,5-9H,3-4H2. The fourth-order valence-corrected chi connectivity index (χ4v) is 1.39. The highest BCUT2D eigenvalue weighted by molar-refractivity contribution is 5.68. The number of carbonyl (C=O) groups excluding carboxylic acids is 1. The summed E-state index contributed by atoms with van der Waals surface area (Å²) in [4.78, 5) is 22.2. The summed E-state index contributed by atoms with van der Waals surface area (Å²) in [5, 5.41) is 0. The Bertz CT molecular complexity index is 453. The average Bonchev–Trinajstić information content (AvgIpc) is 2.38. The van der Waals surface area contributed by atoms with Crippen LogP contribution in [0.4, 0.5) is 0 Å². The van der Waals surface area contributed by atoms with Crippen molar-refractivity contribution in [1.82, 2.24) is 15.0 Å². The number of nitrogens with zero attached hydrogens (tertiary/aromatic N) is 3. The largest absolute Gasteiger partial charge is 0.294 e. The van der Waals surface area contributed by atoms with Crippen LogP contribution in [0.5, 0.6) is 0 Å². The second-order valence-electron chi connectivity index (χ2n) is 3.43. The number of aldehydes is 1. The Morgan fingerprint density at radius 1 is 1.06 bits per heavy atom. The summed E-state index contributed by atoms with van der Waals surface area (Å²) in [5.74, 6) is 0.227. The van der Waals surface area contributed by atoms with Gasteiger partial charge in [-0.05, 0) is 30.0 Å². The van der Waals surface area contributed by atoms with Crippen LogP contribution < -0.4 is 0 Å². The predicted molar refractivity (Wildman–Crippen MR) is 59.1 cm³/mol. The summed E-state index contributed by atoms with van der Waals surface area (Å²) < 4.78 is 0. The molecule has 0 atom stereocenters. The molecule has 0 fully saturated rings. The van der Waals surface area contributed by atoms with Crippen molar-refractivity contribution in [3.63, 3.8) is 0 Å². The zero-order valence-electron chi connectivity index (χ0n) is 8.71. The van der Waals surface area contributed by atoms with Gasteiger partial charge in [0.15, 0.2) is 12.1 Å². The lowest BCUT2D eigenvalue weighted by Crippen LogP contribution is -1.97. The molecule has 0 aliphatic rings. The predicted octanol–water partition coefficient (Wildman–Crippen LogP) is 1.47. The van der Waals surface area contributed by atoms with Gasteiger partial charge >= 0.3 is 0 Å². The molecule has 80 valence electrons. The Morgan fingerprint density at radius 3 is 2.44 bits per heavy atom. The lowest BCUT2D eigenvalue weighted by atomic mass is 10.1. The third kappa shape index (κ3) is 2.70. The second-order valence-corrected chi connectivity index (χ2v) is 3.43. The highest BCUT2D eigenvalue weighted by Gasteiger charge is 1.98. The van der Waals surface area contributed by atoms with E-state index in [1.54, 1.807) is 18.6 Å². The molecular formula is C12H11N3O. The van der Waals surface area contributed by atoms with Gasteiger partial charge in [-0.15, -0.1) is 0 Å². The molecule has 4 heteroatoms. The van der Waals surface area contributed by atoms with Gasteiger partial charge < -0.3 is 0 Å². The van der Waals surface area contributed by atoms with E-state index in [0.717, 1.165) is 18.4 Å². The maximum Gasteiger partial charge on any atom is 0.192 e. The van der Waals surface area contributed by atoms with Crippen molar-refractivity contribution in [1.29, 1.82) is 0 Å². The van der Waals surface area contributed by atoms with Crippen molar-refractivity contribution in [2.24, 2.45) is 0 Å². The van der Waals surface area contributed by atoms with Gasteiger partial charge in [-0.25, -0.2) is 9.97 Å². The van der Waals surface area contributed by atoms with E-state index in [1.807, 2.05) is 18.3 Å². The topological polar surface area (TPSA) is 55.7 Å². The van der Waals surface area contributed by atoms with Crippen LogP contribution in [0.25, 0.3) is 0 Å². The number of pyridine rings is 1. The second kappa shape index (κ2) is 5.11. The fraction of sp³-hybridized carbons (Fsp3) is 0.167. The van der Waals surface area contributed by atoms with Gasteiger partial charge in [0.05, 0.1) is 0 Å². The summed E-state index contributed by atoms with van der Waals surface area (Å²) in [6.07, 6.45) is 9.37. The van der Waals surface area contributed by atoms with Gasteiger partial charge in [0.25, 0.3) is 0 Å². The molecule has 0 N–H and O–H groups in total. The van der Waals surface area contributed by atoms with Crippen LogP contribution in [-0.2, 0) is 12.8 Å². The quantitative estimate of drug-likeness (QED) is 0.722. The molecule has 0 bridgehead atoms. The Hall–Kier alpha value is -2.10. The number of rotatable bonds is 4. The van der Waals surface area contributed by atoms with Crippen LogP contribution in [0.2, 0.25) is 0 Å². The van der Waals surface area contributed by atoms with Gasteiger partial charge in [-0.2, -0.15) is 0 Å². The minimum atomic E-state index is 0.227. The minimum absolute atomic E-state index is 0.227. The molecule has 0 aliphatic heterocycles. The van der Waals surface area contributed by atoms with E-state index in [4.69, 9.17) is 0 Å². The van der Waals surface area contributed by atoms with E-state index >= 15 is 0 Å². The molecule has 16 heavy (non-hydrogen) atoms. The Kier molecular flexibility index (Phi) is 3.33. The number of aryl methyl sites for hydroxylation is 2. The number of hydrogen-bond acceptors (Lipinski definition) is 4. The first-order valence-electron chi connectivity index (χ1n) is 5.03. The van der Waals surface area contributed by atoms with Crippen molar-refractivity contribution in [3.05, 3.63) is 53.9 Å². The van der Waals surface area contributed by atoms with E-state index < -0.39 is 0 Å². The monoisotopic (exact) mass is 213 g/mol. The van der Waals surface area contributed by atoms with Crippen LogP contribution in [0, 0.1) is 0 Å². The van der Waals surface area contributed by atoms with Crippen LogP contribution >= 0.6 is 0 Å². The highest BCUT2D eigenvalue weighted by atomic mass is 16.1. The molecule has 0 radical (unpaired) electrons. The SMILES string of the molecule is O=Cc1ncc(CCc2cccnc2)cn1. The van der Waals surface area contributed by atoms with Crippen LogP contribution in [0.3, 0.4) is 0 Å². The van der Waals surface area contributed by atoms with Crippen molar-refractivity contribution in [3.8, 4) is 0 Å². The van der Waals surface area contributed by atoms with Crippen molar-refractivity contribution in [2.75, 3.05) is 0 Å². The average molecular weight is 213 g/mol. The van der Waals surface area contributed by atoms with Crippen LogP contribution in [0.1, 0.15) is 21.7 Å². The van der Waals surface area contributed by atoms with E-state index in [0.29, 0.717) is 6.29 Å². The van der Waals surface area contributed by atoms with Gasteiger partial charge in [0, 0.05) is 24.8 Å². The summed E-state index contributed by atoms with van der Waals surface area (Å²) in [6, 6.07) is 3.95. The summed E-state index contributed by atoms with van der Waals surface area (Å²) in [6.45, 7) is 0. The zero-order chi connectivity index (χ0) is 11.2. The molecule has 0 unspecified atom stereocenters. The number of hydrogen-bond donors (Lipinski definition) is 0. The summed E-state index contributed by atoms with van der Waals surface area (Å²) in [7, 11) is 0. The third-order valence-corrected chi connectivity index (χ3v) is 2.26. The molecule has 2 heterocycles. The van der Waals surface area contributed by atoms with Crippen molar-refractivity contribution < 1.29 is 4.79 Å². The van der Waals surface area contributed by atoms with E-state index in [9.17, 15) is 4.79 Å². The molecule has 0 saturated carbocycles. The molecule has 2 aromatic heterocycles. The van der Waals surface area contributed by atoms with Crippen LogP contribution in [0.15, 0.2) is 36.9 Å². The summed E-state index contributed by atoms with van der Waals surface area (Å²) in [5.41, 5.74) is 2.21. The molecule has 4 nitrogen and oxygen atoms in total. The molecule has 0 saturated heterocycles. The van der Waals surface area contributed by atoms with E-state index in [1.165, 1.54) is 5.56 Å². The Labute approximate surface area is 93.4 Å². The maximum absolute atomic E-state index is 10.4. The fourth-order valence-electron chi connectivity index (χ4n) is 1.39. The number of carbonyl (C=O) groups is 1. The zero-order valence-corrected chi connectivity index (χ0v) is 8.71. The molecule has 0 amide bonds. The van der Waals surface area contributed by atoms with Gasteiger partial charge in [0.2, 0.25) is 0 Å². The van der Waals surface area contributed by atoms with Crippen molar-refractivity contribution in [2.45, 2.75) is 12.8 Å². The smallest absolute Gasteiger partial charge is 0.192 e. The molecule has 0 aromatic carbocycles. The first-order chi connectivity index (χ1) is 7.88. The highest BCUT2D eigenvalue weighted by Crippen LogP contribution is 2.04. The summed E-state index contributed by atoms with van der Waals surface area (Å²) >= 11 is 0. The molecule has 0 spiro atoms. The Morgan fingerprint density at radius 2 is 1.81 bits per heavy atom. The van der Waals surface area contributed by atoms with Gasteiger partial charge in [-0.3, -0.25) is 9.78 Å². The molecule has 2 rings (SSSR count). The Balaban J connectivity index is 1.97. The number of aromatic nitrogens is 3. The maximum atomic E-state index is 10.4. The van der Waals surface area contributed by atoms with Gasteiger partial charge in [0.1, 0.15) is 0 Å². The molecule has 0 aliphatic carbocycles. The van der Waals surface area contributed by atoms with Crippen molar-refractivity contribution >= 4 is 6.29 Å². The van der Waals surface area contributed by atoms with Crippen LogP contribution in [-0.4, -0.2) is 21.2 Å². The molecule has 2 aromatic rings. The third-order valence-electron chi connectivity index (χ3n) is 2.26. The van der Waals surface area contributed by atoms with E-state index in [2.05, 4.69) is 15.0 Å². The first kappa shape index (κ1) is 10.4. The minimum Gasteiger partial charge on any atom is -0.294 e. The lowest BCUT2D eigenvalue weighted by molar-refractivity contribution is 0.111. The van der Waals surface area contributed by atoms with Gasteiger partial charge in [-0.1, -0.05) is 6.07 Å². The lowest BCUT2D eigenvalue weighted by Gasteiger charge is -2.00.